The first-order valence-corrected chi connectivity index (χ1v) is 6.74. The Hall–Kier alpha value is -1.81. The van der Waals surface area contributed by atoms with Crippen molar-refractivity contribution >= 4 is 16.8 Å². The second kappa shape index (κ2) is 4.70. The van der Waals surface area contributed by atoms with Crippen LogP contribution in [-0.2, 0) is 11.2 Å². The van der Waals surface area contributed by atoms with E-state index in [0.717, 1.165) is 29.3 Å². The number of nitrogens with zero attached hydrogens (tertiary/aromatic N) is 1. The summed E-state index contributed by atoms with van der Waals surface area (Å²) in [6.07, 6.45) is 4.76. The van der Waals surface area contributed by atoms with Crippen LogP contribution in [0.4, 0.5) is 0 Å². The van der Waals surface area contributed by atoms with E-state index in [1.807, 2.05) is 31.4 Å². The molecule has 0 aliphatic heterocycles. The third-order valence-corrected chi connectivity index (χ3v) is 3.87. The lowest BCUT2D eigenvalue weighted by Crippen LogP contribution is -2.43. The number of hydrogen-bond acceptors (Lipinski definition) is 2. The number of fused-ring (bicyclic) bond motifs is 1. The van der Waals surface area contributed by atoms with E-state index in [9.17, 15) is 4.79 Å². The average molecular weight is 257 g/mol. The van der Waals surface area contributed by atoms with Crippen LogP contribution in [0, 0.1) is 0 Å². The minimum absolute atomic E-state index is 0.0489. The van der Waals surface area contributed by atoms with Gasteiger partial charge in [-0.1, -0.05) is 18.2 Å². The van der Waals surface area contributed by atoms with Crippen molar-refractivity contribution in [1.29, 1.82) is 0 Å². The number of rotatable bonds is 4. The zero-order valence-corrected chi connectivity index (χ0v) is 11.1. The summed E-state index contributed by atoms with van der Waals surface area (Å²) in [5.41, 5.74) is 8.26. The summed E-state index contributed by atoms with van der Waals surface area (Å²) in [6, 6.07) is 8.05. The van der Waals surface area contributed by atoms with Gasteiger partial charge >= 0.3 is 0 Å². The summed E-state index contributed by atoms with van der Waals surface area (Å²) in [6.45, 7) is 0. The molecule has 3 rings (SSSR count). The number of amides is 1. The molecule has 4 nitrogen and oxygen atoms in total. The first-order chi connectivity index (χ1) is 9.16. The maximum absolute atomic E-state index is 12.2. The Morgan fingerprint density at radius 3 is 2.95 bits per heavy atom. The van der Waals surface area contributed by atoms with Crippen LogP contribution in [0.3, 0.4) is 0 Å². The molecule has 1 saturated carbocycles. The van der Waals surface area contributed by atoms with Gasteiger partial charge in [-0.25, -0.2) is 0 Å². The molecule has 0 bridgehead atoms. The number of nitrogens with one attached hydrogen (secondary N) is 1. The van der Waals surface area contributed by atoms with E-state index < -0.39 is 6.04 Å². The number of nitrogens with two attached hydrogens (primary N) is 1. The molecule has 2 aromatic rings. The number of benzene rings is 1. The molecule has 4 heteroatoms. The van der Waals surface area contributed by atoms with Crippen LogP contribution >= 0.6 is 0 Å². The van der Waals surface area contributed by atoms with E-state index in [1.54, 1.807) is 4.90 Å². The van der Waals surface area contributed by atoms with Gasteiger partial charge in [-0.2, -0.15) is 0 Å². The molecule has 1 heterocycles. The molecule has 0 spiro atoms. The van der Waals surface area contributed by atoms with Crippen molar-refractivity contribution in [2.24, 2.45) is 5.73 Å². The normalized spacial score (nSPS) is 16.5. The number of H-pyrrole nitrogens is 1. The monoisotopic (exact) mass is 257 g/mol. The summed E-state index contributed by atoms with van der Waals surface area (Å²) in [5, 5.41) is 1.15. The first-order valence-electron chi connectivity index (χ1n) is 6.74. The number of aromatic amines is 1. The maximum atomic E-state index is 12.2. The van der Waals surface area contributed by atoms with Gasteiger partial charge in [-0.3, -0.25) is 4.79 Å². The van der Waals surface area contributed by atoms with Gasteiger partial charge in [-0.05, 0) is 30.9 Å². The summed E-state index contributed by atoms with van der Waals surface area (Å²) in [7, 11) is 1.86. The van der Waals surface area contributed by atoms with Gasteiger partial charge in [-0.15, -0.1) is 0 Å². The van der Waals surface area contributed by atoms with Crippen molar-refractivity contribution in [2.45, 2.75) is 31.3 Å². The topological polar surface area (TPSA) is 62.1 Å². The third kappa shape index (κ3) is 2.36. The summed E-state index contributed by atoms with van der Waals surface area (Å²) in [4.78, 5) is 17.2. The SMILES string of the molecule is CN(C(=O)C(N)Cc1c[nH]c2ccccc12)C1CC1. The van der Waals surface area contributed by atoms with Crippen LogP contribution < -0.4 is 5.73 Å². The highest BCUT2D eigenvalue weighted by molar-refractivity contribution is 5.86. The van der Waals surface area contributed by atoms with Crippen LogP contribution in [0.2, 0.25) is 0 Å². The highest BCUT2D eigenvalue weighted by atomic mass is 16.2. The van der Waals surface area contributed by atoms with Crippen LogP contribution in [-0.4, -0.2) is 34.9 Å². The van der Waals surface area contributed by atoms with Crippen molar-refractivity contribution in [3.8, 4) is 0 Å². The van der Waals surface area contributed by atoms with Gasteiger partial charge in [0, 0.05) is 30.2 Å². The lowest BCUT2D eigenvalue weighted by Gasteiger charge is -2.20. The summed E-state index contributed by atoms with van der Waals surface area (Å²) >= 11 is 0. The number of likely N-dealkylation sites (N-methyl/N-ethyl adjacent to an activating group) is 1. The summed E-state index contributed by atoms with van der Waals surface area (Å²) in [5.74, 6) is 0.0489. The Labute approximate surface area is 112 Å². The highest BCUT2D eigenvalue weighted by Gasteiger charge is 2.32. The van der Waals surface area contributed by atoms with Crippen molar-refractivity contribution in [3.05, 3.63) is 36.0 Å². The smallest absolute Gasteiger partial charge is 0.239 e. The Morgan fingerprint density at radius 1 is 1.47 bits per heavy atom. The second-order valence-corrected chi connectivity index (χ2v) is 5.35. The van der Waals surface area contributed by atoms with Crippen molar-refractivity contribution in [2.75, 3.05) is 7.05 Å². The Balaban J connectivity index is 1.75. The van der Waals surface area contributed by atoms with Crippen LogP contribution in [0.1, 0.15) is 18.4 Å². The lowest BCUT2D eigenvalue weighted by molar-refractivity contribution is -0.131. The first kappa shape index (κ1) is 12.2. The fraction of sp³-hybridized carbons (Fsp3) is 0.400. The minimum Gasteiger partial charge on any atom is -0.361 e. The lowest BCUT2D eigenvalue weighted by atomic mass is 10.0. The largest absolute Gasteiger partial charge is 0.361 e. The fourth-order valence-corrected chi connectivity index (χ4v) is 2.53. The molecule has 1 unspecified atom stereocenters. The van der Waals surface area contributed by atoms with Crippen LogP contribution in [0.15, 0.2) is 30.5 Å². The second-order valence-electron chi connectivity index (χ2n) is 5.35. The van der Waals surface area contributed by atoms with Gasteiger partial charge in [0.1, 0.15) is 0 Å². The van der Waals surface area contributed by atoms with Gasteiger partial charge < -0.3 is 15.6 Å². The van der Waals surface area contributed by atoms with E-state index in [-0.39, 0.29) is 5.91 Å². The summed E-state index contributed by atoms with van der Waals surface area (Å²) < 4.78 is 0. The van der Waals surface area contributed by atoms with E-state index in [0.29, 0.717) is 12.5 Å². The molecule has 100 valence electrons. The molecule has 19 heavy (non-hydrogen) atoms. The molecular formula is C15H19N3O. The van der Waals surface area contributed by atoms with E-state index >= 15 is 0 Å². The third-order valence-electron chi connectivity index (χ3n) is 3.87. The minimum atomic E-state index is -0.454. The molecule has 1 amide bonds. The molecule has 3 N–H and O–H groups in total. The molecule has 1 aliphatic carbocycles. The molecule has 1 aromatic carbocycles. The molecule has 1 aliphatic rings. The Morgan fingerprint density at radius 2 is 2.21 bits per heavy atom. The Kier molecular flexibility index (Phi) is 3.03. The molecule has 0 saturated heterocycles. The van der Waals surface area contributed by atoms with Crippen molar-refractivity contribution in [3.63, 3.8) is 0 Å². The van der Waals surface area contributed by atoms with Crippen molar-refractivity contribution < 1.29 is 4.79 Å². The predicted octanol–water partition coefficient (Wildman–Crippen LogP) is 1.66. The van der Waals surface area contributed by atoms with Crippen molar-refractivity contribution in [1.82, 2.24) is 9.88 Å². The zero-order valence-electron chi connectivity index (χ0n) is 11.1. The van der Waals surface area contributed by atoms with Gasteiger partial charge in [0.15, 0.2) is 0 Å². The van der Waals surface area contributed by atoms with E-state index in [1.165, 1.54) is 0 Å². The van der Waals surface area contributed by atoms with Gasteiger partial charge in [0.25, 0.3) is 0 Å². The molecular weight excluding hydrogens is 238 g/mol. The van der Waals surface area contributed by atoms with Crippen LogP contribution in [0.25, 0.3) is 10.9 Å². The molecule has 1 aromatic heterocycles. The Bertz CT molecular complexity index is 600. The van der Waals surface area contributed by atoms with E-state index in [2.05, 4.69) is 11.1 Å². The highest BCUT2D eigenvalue weighted by Crippen LogP contribution is 2.26. The number of para-hydroxylation sites is 1. The number of carbonyl (C=O) groups is 1. The molecule has 1 atom stereocenters. The van der Waals surface area contributed by atoms with Gasteiger partial charge in [0.2, 0.25) is 5.91 Å². The quantitative estimate of drug-likeness (QED) is 0.875. The molecule has 1 fully saturated rings. The number of carbonyl (C=O) groups excluding carboxylic acids is 1. The van der Waals surface area contributed by atoms with E-state index in [4.69, 9.17) is 5.73 Å². The molecule has 0 radical (unpaired) electrons. The predicted molar refractivity (Wildman–Crippen MR) is 75.8 cm³/mol. The number of hydrogen-bond donors (Lipinski definition) is 2. The van der Waals surface area contributed by atoms with Gasteiger partial charge in [0.05, 0.1) is 6.04 Å². The average Bonchev–Trinajstić information content (AvgIpc) is 3.20. The van der Waals surface area contributed by atoms with Crippen LogP contribution in [0.5, 0.6) is 0 Å². The zero-order chi connectivity index (χ0) is 13.4. The fourth-order valence-electron chi connectivity index (χ4n) is 2.53. The maximum Gasteiger partial charge on any atom is 0.239 e. The number of aromatic nitrogens is 1. The standard InChI is InChI=1S/C15H19N3O/c1-18(11-6-7-11)15(19)13(16)8-10-9-17-14-5-3-2-4-12(10)14/h2-5,9,11,13,17H,6-8,16H2,1H3.